The Morgan fingerprint density at radius 2 is 1.37 bits per heavy atom. The molecule has 0 spiro atoms. The fourth-order valence-corrected chi connectivity index (χ4v) is 1.97. The molecule has 27 heavy (non-hydrogen) atoms. The maximum absolute atomic E-state index is 10.3. The highest BCUT2D eigenvalue weighted by molar-refractivity contribution is 9.08. The van der Waals surface area contributed by atoms with Crippen LogP contribution in [0, 0.1) is 31.6 Å². The van der Waals surface area contributed by atoms with Gasteiger partial charge in [0.1, 0.15) is 0 Å². The number of benzene rings is 2. The van der Waals surface area contributed by atoms with Gasteiger partial charge >= 0.3 is 0 Å². The fraction of sp³-hybridized carbons (Fsp3) is 0.188. The van der Waals surface area contributed by atoms with Gasteiger partial charge in [-0.3, -0.25) is 20.2 Å². The van der Waals surface area contributed by atoms with E-state index in [4.69, 9.17) is 5.26 Å². The monoisotopic (exact) mass is 425 g/mol. The second kappa shape index (κ2) is 16.9. The topological polar surface area (TPSA) is 110 Å². The Kier molecular flexibility index (Phi) is 16.6. The molecule has 0 heterocycles. The van der Waals surface area contributed by atoms with E-state index in [2.05, 4.69) is 39.3 Å². The number of hydrogen-bond acceptors (Lipinski definition) is 5. The first-order valence-electron chi connectivity index (χ1n) is 7.28. The Labute approximate surface area is 170 Å². The van der Waals surface area contributed by atoms with E-state index in [1.54, 1.807) is 24.3 Å². The summed E-state index contributed by atoms with van der Waals surface area (Å²) in [4.78, 5) is 19.7. The van der Waals surface area contributed by atoms with Crippen LogP contribution in [0.15, 0.2) is 48.5 Å². The van der Waals surface area contributed by atoms with Crippen LogP contribution in [0.25, 0.3) is 0 Å². The first-order chi connectivity index (χ1) is 13.0. The summed E-state index contributed by atoms with van der Waals surface area (Å²) in [6.07, 6.45) is 0.210. The summed E-state index contributed by atoms with van der Waals surface area (Å²) in [5, 5.41) is 29.5. The van der Waals surface area contributed by atoms with Gasteiger partial charge in [0.25, 0.3) is 11.4 Å². The molecule has 2 rings (SSSR count). The number of hydrogen-bond donors (Lipinski definition) is 0. The highest BCUT2D eigenvalue weighted by Gasteiger charge is 2.04. The van der Waals surface area contributed by atoms with Crippen molar-refractivity contribution in [2.45, 2.75) is 18.6 Å². The summed E-state index contributed by atoms with van der Waals surface area (Å²) in [5.74, 6) is 0. The zero-order valence-corrected chi connectivity index (χ0v) is 16.2. The van der Waals surface area contributed by atoms with Crippen LogP contribution in [0.1, 0.15) is 11.1 Å². The summed E-state index contributed by atoms with van der Waals surface area (Å²) in [6.45, 7) is 1.50. The van der Waals surface area contributed by atoms with Crippen LogP contribution in [-0.2, 0) is 11.8 Å². The van der Waals surface area contributed by atoms with Gasteiger partial charge in [-0.1, -0.05) is 47.0 Å². The number of halogens is 1. The minimum absolute atomic E-state index is 0.0303. The van der Waals surface area contributed by atoms with Gasteiger partial charge in [0.15, 0.2) is 0 Å². The molecular formula is C16H15B3BrN3O4. The third-order valence-corrected chi connectivity index (χ3v) is 3.33. The minimum Gasteiger partial charge on any atom is -0.258 e. The lowest BCUT2D eigenvalue weighted by molar-refractivity contribution is -0.385. The molecule has 7 nitrogen and oxygen atoms in total. The minimum atomic E-state index is -0.471. The molecule has 0 aliphatic rings. The number of nitro groups is 2. The molecular weight excluding hydrogens is 411 g/mol. The third kappa shape index (κ3) is 11.6. The summed E-state index contributed by atoms with van der Waals surface area (Å²) in [5.41, 5.74) is 1.76. The number of nitro benzene ring substituents is 2. The Morgan fingerprint density at radius 3 is 1.74 bits per heavy atom. The summed E-state index contributed by atoms with van der Waals surface area (Å²) in [6, 6.07) is 14.5. The van der Waals surface area contributed by atoms with Crippen LogP contribution in [0.2, 0.25) is 6.82 Å². The Bertz CT molecular complexity index is 758. The van der Waals surface area contributed by atoms with Crippen molar-refractivity contribution in [3.05, 3.63) is 79.9 Å². The van der Waals surface area contributed by atoms with Crippen molar-refractivity contribution in [1.29, 1.82) is 5.26 Å². The van der Waals surface area contributed by atoms with Crippen molar-refractivity contribution in [3.8, 4) is 6.07 Å². The largest absolute Gasteiger partial charge is 0.269 e. The van der Waals surface area contributed by atoms with Gasteiger partial charge in [0.05, 0.1) is 30.2 Å². The van der Waals surface area contributed by atoms with E-state index in [0.717, 1.165) is 5.56 Å². The van der Waals surface area contributed by atoms with E-state index >= 15 is 0 Å². The van der Waals surface area contributed by atoms with Gasteiger partial charge in [0.2, 0.25) is 0 Å². The molecule has 0 unspecified atom stereocenters. The van der Waals surface area contributed by atoms with Crippen molar-refractivity contribution in [2.24, 2.45) is 0 Å². The number of nitriles is 1. The summed E-state index contributed by atoms with van der Waals surface area (Å²) in [7, 11) is 12.5. The molecule has 134 valence electrons. The molecule has 0 aromatic heterocycles. The van der Waals surface area contributed by atoms with Crippen molar-refractivity contribution in [2.75, 3.05) is 0 Å². The molecule has 0 bridgehead atoms. The maximum atomic E-state index is 10.3. The van der Waals surface area contributed by atoms with Crippen LogP contribution in [0.5, 0.6) is 0 Å². The molecule has 0 fully saturated rings. The van der Waals surface area contributed by atoms with Crippen molar-refractivity contribution in [1.82, 2.24) is 0 Å². The first kappa shape index (κ1) is 26.6. The zero-order valence-electron chi connectivity index (χ0n) is 14.6. The van der Waals surface area contributed by atoms with Gasteiger partial charge < -0.3 is 0 Å². The van der Waals surface area contributed by atoms with Gasteiger partial charge in [-0.15, -0.1) is 0 Å². The molecule has 0 saturated heterocycles. The van der Waals surface area contributed by atoms with Crippen molar-refractivity contribution >= 4 is 50.6 Å². The van der Waals surface area contributed by atoms with Crippen LogP contribution in [-0.4, -0.2) is 33.2 Å². The molecule has 2 aromatic rings. The van der Waals surface area contributed by atoms with Crippen molar-refractivity contribution in [3.63, 3.8) is 0 Å². The van der Waals surface area contributed by atoms with Crippen LogP contribution in [0.3, 0.4) is 0 Å². The molecule has 0 aliphatic heterocycles. The highest BCUT2D eigenvalue weighted by atomic mass is 79.9. The lowest BCUT2D eigenvalue weighted by atomic mass is 9.81. The van der Waals surface area contributed by atoms with Crippen LogP contribution in [0.4, 0.5) is 11.4 Å². The fourth-order valence-electron chi connectivity index (χ4n) is 1.62. The van der Waals surface area contributed by atoms with E-state index in [9.17, 15) is 20.2 Å². The molecule has 0 N–H and O–H groups in total. The number of nitrogens with zero attached hydrogens (tertiary/aromatic N) is 3. The molecule has 6 radical (unpaired) electrons. The van der Waals surface area contributed by atoms with Gasteiger partial charge in [-0.2, -0.15) is 5.26 Å². The van der Waals surface area contributed by atoms with E-state index in [1.807, 2.05) is 12.1 Å². The lowest BCUT2D eigenvalue weighted by Crippen LogP contribution is -1.89. The van der Waals surface area contributed by atoms with Gasteiger partial charge in [0, 0.05) is 45.1 Å². The predicted octanol–water partition coefficient (Wildman–Crippen LogP) is 3.59. The Hall–Kier alpha value is -2.60. The average Bonchev–Trinajstić information content (AvgIpc) is 2.72. The highest BCUT2D eigenvalue weighted by Crippen LogP contribution is 2.14. The smallest absolute Gasteiger partial charge is 0.258 e. The first-order valence-corrected chi connectivity index (χ1v) is 8.40. The molecule has 2 aromatic carbocycles. The van der Waals surface area contributed by atoms with E-state index in [0.29, 0.717) is 10.9 Å². The number of non-ortho nitro benzene ring substituents is 2. The summed E-state index contributed by atoms with van der Waals surface area (Å²) < 4.78 is 0. The molecule has 0 saturated carbocycles. The molecule has 0 aliphatic carbocycles. The van der Waals surface area contributed by atoms with Crippen molar-refractivity contribution < 1.29 is 9.85 Å². The summed E-state index contributed by atoms with van der Waals surface area (Å²) >= 11 is 3.22. The van der Waals surface area contributed by atoms with Crippen LogP contribution >= 0.6 is 15.9 Å². The maximum Gasteiger partial charge on any atom is 0.269 e. The Balaban J connectivity index is 0. The molecule has 11 heteroatoms. The second-order valence-corrected chi connectivity index (χ2v) is 4.88. The van der Waals surface area contributed by atoms with Gasteiger partial charge in [-0.25, -0.2) is 0 Å². The second-order valence-electron chi connectivity index (χ2n) is 4.32. The normalized spacial score (nSPS) is 8.19. The van der Waals surface area contributed by atoms with Gasteiger partial charge in [-0.05, 0) is 11.1 Å². The molecule has 0 atom stereocenters. The third-order valence-electron chi connectivity index (χ3n) is 2.68. The number of alkyl halides is 1. The quantitative estimate of drug-likeness (QED) is 0.322. The number of rotatable bonds is 4. The van der Waals surface area contributed by atoms with Crippen LogP contribution < -0.4 is 0 Å². The average molecular weight is 426 g/mol. The van der Waals surface area contributed by atoms with E-state index in [1.165, 1.54) is 25.0 Å². The zero-order chi connectivity index (χ0) is 21.2. The SMILES string of the molecule is N#CCc1cccc([N+](=O)[O-])c1.O=[N+]([O-])c1cccc(CBr)c1.[B]C.[B][B]. The van der Waals surface area contributed by atoms with E-state index < -0.39 is 9.85 Å². The standard InChI is InChI=1S/C8H6N2O2.C7H6BrNO2.CH3B.B2/c9-5-4-7-2-1-3-8(6-7)10(11)12;8-5-6-2-1-3-7(4-6)9(10)11;2*1-2/h1-3,6H,4H2;1-4H,5H2;1H3;. The molecule has 0 amide bonds. The predicted molar refractivity (Wildman–Crippen MR) is 111 cm³/mol. The van der Waals surface area contributed by atoms with E-state index in [-0.39, 0.29) is 17.8 Å². The lowest BCUT2D eigenvalue weighted by Gasteiger charge is -1.93. The Morgan fingerprint density at radius 1 is 0.963 bits per heavy atom.